The largest absolute Gasteiger partial charge is 0.444 e. The Morgan fingerprint density at radius 1 is 1.28 bits per heavy atom. The van der Waals surface area contributed by atoms with Crippen LogP contribution in [0.2, 0.25) is 0 Å². The monoisotopic (exact) mass is 253 g/mol. The Hall–Kier alpha value is -1.28. The maximum atomic E-state index is 11.8. The smallest absolute Gasteiger partial charge is 0.410 e. The molecule has 1 saturated heterocycles. The number of piperazine rings is 1. The second-order valence-electron chi connectivity index (χ2n) is 5.57. The van der Waals surface area contributed by atoms with Crippen molar-refractivity contribution in [3.05, 3.63) is 0 Å². The third kappa shape index (κ3) is 5.37. The van der Waals surface area contributed by atoms with E-state index in [2.05, 4.69) is 11.0 Å². The maximum absolute atomic E-state index is 11.8. The first kappa shape index (κ1) is 14.8. The fraction of sp³-hybridized carbons (Fsp3) is 0.846. The second kappa shape index (κ2) is 6.60. The van der Waals surface area contributed by atoms with Gasteiger partial charge in [0, 0.05) is 32.6 Å². The predicted octanol–water partition coefficient (Wildman–Crippen LogP) is 1.84. The number of hydrogen-bond acceptors (Lipinski definition) is 4. The lowest BCUT2D eigenvalue weighted by molar-refractivity contribution is 0.0145. The fourth-order valence-corrected chi connectivity index (χ4v) is 1.86. The summed E-state index contributed by atoms with van der Waals surface area (Å²) in [6.45, 7) is 9.73. The Bertz CT molecular complexity index is 309. The molecule has 102 valence electrons. The van der Waals surface area contributed by atoms with E-state index in [0.717, 1.165) is 26.1 Å². The van der Waals surface area contributed by atoms with E-state index in [1.165, 1.54) is 0 Å². The highest BCUT2D eigenvalue weighted by Gasteiger charge is 2.25. The van der Waals surface area contributed by atoms with Gasteiger partial charge < -0.3 is 9.64 Å². The van der Waals surface area contributed by atoms with Crippen molar-refractivity contribution in [1.82, 2.24) is 9.80 Å². The lowest BCUT2D eigenvalue weighted by atomic mass is 10.2. The van der Waals surface area contributed by atoms with Gasteiger partial charge in [0.25, 0.3) is 0 Å². The molecule has 1 rings (SSSR count). The number of carbonyl (C=O) groups is 1. The van der Waals surface area contributed by atoms with E-state index < -0.39 is 5.60 Å². The third-order valence-corrected chi connectivity index (χ3v) is 2.79. The average molecular weight is 253 g/mol. The first-order valence-electron chi connectivity index (χ1n) is 6.49. The Labute approximate surface area is 109 Å². The van der Waals surface area contributed by atoms with E-state index in [-0.39, 0.29) is 6.09 Å². The van der Waals surface area contributed by atoms with Crippen LogP contribution >= 0.6 is 0 Å². The zero-order valence-corrected chi connectivity index (χ0v) is 11.6. The van der Waals surface area contributed by atoms with Crippen molar-refractivity contribution in [2.75, 3.05) is 32.7 Å². The molecule has 0 aromatic heterocycles. The highest BCUT2D eigenvalue weighted by atomic mass is 16.6. The number of rotatable bonds is 3. The number of carbonyl (C=O) groups excluding carboxylic acids is 1. The molecule has 1 fully saturated rings. The van der Waals surface area contributed by atoms with Gasteiger partial charge in [-0.3, -0.25) is 4.90 Å². The molecule has 0 atom stereocenters. The van der Waals surface area contributed by atoms with Crippen LogP contribution < -0.4 is 0 Å². The van der Waals surface area contributed by atoms with E-state index in [4.69, 9.17) is 10.00 Å². The van der Waals surface area contributed by atoms with E-state index in [0.29, 0.717) is 19.5 Å². The lowest BCUT2D eigenvalue weighted by Crippen LogP contribution is -2.50. The first-order chi connectivity index (χ1) is 8.42. The van der Waals surface area contributed by atoms with E-state index in [9.17, 15) is 4.79 Å². The molecule has 0 aromatic rings. The van der Waals surface area contributed by atoms with Gasteiger partial charge in [0.1, 0.15) is 5.60 Å². The minimum atomic E-state index is -0.430. The Balaban J connectivity index is 2.27. The summed E-state index contributed by atoms with van der Waals surface area (Å²) in [4.78, 5) is 15.9. The molecule has 0 saturated carbocycles. The molecule has 18 heavy (non-hydrogen) atoms. The van der Waals surface area contributed by atoms with Crippen molar-refractivity contribution in [2.24, 2.45) is 0 Å². The molecule has 1 aliphatic heterocycles. The van der Waals surface area contributed by atoms with Crippen LogP contribution in [0, 0.1) is 11.3 Å². The van der Waals surface area contributed by atoms with Gasteiger partial charge in [-0.25, -0.2) is 4.79 Å². The van der Waals surface area contributed by atoms with Gasteiger partial charge in [-0.15, -0.1) is 0 Å². The van der Waals surface area contributed by atoms with Crippen molar-refractivity contribution in [2.45, 2.75) is 39.2 Å². The fourth-order valence-electron chi connectivity index (χ4n) is 1.86. The molecular weight excluding hydrogens is 230 g/mol. The first-order valence-corrected chi connectivity index (χ1v) is 6.49. The summed E-state index contributed by atoms with van der Waals surface area (Å²) in [5, 5.41) is 8.48. The van der Waals surface area contributed by atoms with Gasteiger partial charge in [-0.2, -0.15) is 5.26 Å². The molecule has 5 nitrogen and oxygen atoms in total. The molecule has 0 N–H and O–H groups in total. The number of amides is 1. The molecule has 0 spiro atoms. The van der Waals surface area contributed by atoms with Crippen molar-refractivity contribution in [3.63, 3.8) is 0 Å². The number of unbranched alkanes of at least 4 members (excludes halogenated alkanes) is 1. The zero-order chi connectivity index (χ0) is 13.6. The van der Waals surface area contributed by atoms with Crippen LogP contribution in [0.1, 0.15) is 33.6 Å². The SMILES string of the molecule is CC(C)(C)OC(=O)N1CCN(CCCC#N)CC1. The van der Waals surface area contributed by atoms with Gasteiger partial charge in [0.2, 0.25) is 0 Å². The van der Waals surface area contributed by atoms with Crippen LogP contribution in [0.5, 0.6) is 0 Å². The Kier molecular flexibility index (Phi) is 5.42. The normalized spacial score (nSPS) is 17.3. The zero-order valence-electron chi connectivity index (χ0n) is 11.6. The van der Waals surface area contributed by atoms with Gasteiger partial charge in [0.05, 0.1) is 6.07 Å². The number of nitriles is 1. The molecule has 0 unspecified atom stereocenters. The van der Waals surface area contributed by atoms with E-state index in [1.54, 1.807) is 4.90 Å². The number of hydrogen-bond donors (Lipinski definition) is 0. The summed E-state index contributed by atoms with van der Waals surface area (Å²) >= 11 is 0. The van der Waals surface area contributed by atoms with E-state index in [1.807, 2.05) is 20.8 Å². The standard InChI is InChI=1S/C13H23N3O2/c1-13(2,3)18-12(17)16-10-8-15(9-11-16)7-5-4-6-14/h4-5,7-11H2,1-3H3. The van der Waals surface area contributed by atoms with Crippen LogP contribution in [-0.2, 0) is 4.74 Å². The van der Waals surface area contributed by atoms with Crippen LogP contribution in [0.4, 0.5) is 4.79 Å². The molecule has 0 bridgehead atoms. The molecule has 1 heterocycles. The van der Waals surface area contributed by atoms with Gasteiger partial charge in [-0.1, -0.05) is 0 Å². The highest BCUT2D eigenvalue weighted by molar-refractivity contribution is 5.68. The minimum absolute atomic E-state index is 0.223. The molecule has 1 aliphatic rings. The number of nitrogens with zero attached hydrogens (tertiary/aromatic N) is 3. The van der Waals surface area contributed by atoms with Gasteiger partial charge in [-0.05, 0) is 33.7 Å². The van der Waals surface area contributed by atoms with Crippen LogP contribution in [0.15, 0.2) is 0 Å². The summed E-state index contributed by atoms with van der Waals surface area (Å²) in [6.07, 6.45) is 1.29. The van der Waals surface area contributed by atoms with Gasteiger partial charge in [0.15, 0.2) is 0 Å². The van der Waals surface area contributed by atoms with Crippen LogP contribution in [-0.4, -0.2) is 54.2 Å². The Morgan fingerprint density at radius 3 is 2.39 bits per heavy atom. The summed E-state index contributed by atoms with van der Waals surface area (Å²) in [5.74, 6) is 0. The molecule has 1 amide bonds. The summed E-state index contributed by atoms with van der Waals surface area (Å²) < 4.78 is 5.34. The van der Waals surface area contributed by atoms with Crippen molar-refractivity contribution in [3.8, 4) is 6.07 Å². The van der Waals surface area contributed by atoms with Crippen LogP contribution in [0.3, 0.4) is 0 Å². The molecule has 0 aromatic carbocycles. The van der Waals surface area contributed by atoms with E-state index >= 15 is 0 Å². The third-order valence-electron chi connectivity index (χ3n) is 2.79. The highest BCUT2D eigenvalue weighted by Crippen LogP contribution is 2.12. The second-order valence-corrected chi connectivity index (χ2v) is 5.57. The minimum Gasteiger partial charge on any atom is -0.444 e. The molecular formula is C13H23N3O2. The van der Waals surface area contributed by atoms with Crippen molar-refractivity contribution >= 4 is 6.09 Å². The lowest BCUT2D eigenvalue weighted by Gasteiger charge is -2.35. The van der Waals surface area contributed by atoms with Crippen LogP contribution in [0.25, 0.3) is 0 Å². The van der Waals surface area contributed by atoms with Gasteiger partial charge >= 0.3 is 6.09 Å². The van der Waals surface area contributed by atoms with Crippen molar-refractivity contribution < 1.29 is 9.53 Å². The molecule has 0 aliphatic carbocycles. The topological polar surface area (TPSA) is 56.6 Å². The molecule has 5 heteroatoms. The molecule has 0 radical (unpaired) electrons. The summed E-state index contributed by atoms with van der Waals surface area (Å²) in [6, 6.07) is 2.15. The summed E-state index contributed by atoms with van der Waals surface area (Å²) in [5.41, 5.74) is -0.430. The van der Waals surface area contributed by atoms with Crippen molar-refractivity contribution in [1.29, 1.82) is 5.26 Å². The quantitative estimate of drug-likeness (QED) is 0.720. The number of ether oxygens (including phenoxy) is 1. The predicted molar refractivity (Wildman–Crippen MR) is 69.1 cm³/mol. The Morgan fingerprint density at radius 2 is 1.89 bits per heavy atom. The average Bonchev–Trinajstić information content (AvgIpc) is 2.28. The maximum Gasteiger partial charge on any atom is 0.410 e. The summed E-state index contributed by atoms with van der Waals surface area (Å²) in [7, 11) is 0.